The van der Waals surface area contributed by atoms with Gasteiger partial charge in [0.05, 0.1) is 13.2 Å². The summed E-state index contributed by atoms with van der Waals surface area (Å²) in [6, 6.07) is 14.7. The van der Waals surface area contributed by atoms with Crippen molar-refractivity contribution in [1.29, 1.82) is 0 Å². The SMILES string of the molecule is O=C([C@H](c1ccccc1)N1CCC[C@@H]1c1cccs1)N1CCOCC1. The van der Waals surface area contributed by atoms with Crippen molar-refractivity contribution in [3.63, 3.8) is 0 Å². The minimum atomic E-state index is -0.200. The molecule has 0 aliphatic carbocycles. The minimum Gasteiger partial charge on any atom is -0.378 e. The average molecular weight is 356 g/mol. The first kappa shape index (κ1) is 16.8. The van der Waals surface area contributed by atoms with Gasteiger partial charge in [-0.25, -0.2) is 0 Å². The number of rotatable bonds is 4. The lowest BCUT2D eigenvalue weighted by Crippen LogP contribution is -2.47. The summed E-state index contributed by atoms with van der Waals surface area (Å²) in [6.45, 7) is 3.64. The van der Waals surface area contributed by atoms with Crippen molar-refractivity contribution in [1.82, 2.24) is 9.80 Å². The maximum Gasteiger partial charge on any atom is 0.244 e. The van der Waals surface area contributed by atoms with Crippen LogP contribution in [0.2, 0.25) is 0 Å². The first-order valence-electron chi connectivity index (χ1n) is 9.05. The molecule has 1 aromatic heterocycles. The highest BCUT2D eigenvalue weighted by Crippen LogP contribution is 2.41. The highest BCUT2D eigenvalue weighted by molar-refractivity contribution is 7.10. The molecule has 4 nitrogen and oxygen atoms in total. The van der Waals surface area contributed by atoms with Crippen LogP contribution in [0.15, 0.2) is 47.8 Å². The molecule has 132 valence electrons. The van der Waals surface area contributed by atoms with Crippen molar-refractivity contribution in [2.24, 2.45) is 0 Å². The van der Waals surface area contributed by atoms with Crippen LogP contribution in [0, 0.1) is 0 Å². The topological polar surface area (TPSA) is 32.8 Å². The number of amides is 1. The van der Waals surface area contributed by atoms with E-state index in [1.165, 1.54) is 4.88 Å². The lowest BCUT2D eigenvalue weighted by Gasteiger charge is -2.37. The van der Waals surface area contributed by atoms with Crippen LogP contribution >= 0.6 is 11.3 Å². The van der Waals surface area contributed by atoms with Gasteiger partial charge in [-0.3, -0.25) is 9.69 Å². The number of hydrogen-bond donors (Lipinski definition) is 0. The van der Waals surface area contributed by atoms with Gasteiger partial charge in [-0.15, -0.1) is 11.3 Å². The van der Waals surface area contributed by atoms with Gasteiger partial charge in [0.2, 0.25) is 5.91 Å². The Labute approximate surface area is 153 Å². The molecule has 0 unspecified atom stereocenters. The Morgan fingerprint density at radius 3 is 2.60 bits per heavy atom. The van der Waals surface area contributed by atoms with Gasteiger partial charge >= 0.3 is 0 Å². The predicted octanol–water partition coefficient (Wildman–Crippen LogP) is 3.49. The minimum absolute atomic E-state index is 0.200. The zero-order valence-corrected chi connectivity index (χ0v) is 15.2. The van der Waals surface area contributed by atoms with Gasteiger partial charge in [-0.1, -0.05) is 36.4 Å². The molecule has 1 aromatic carbocycles. The van der Waals surface area contributed by atoms with Gasteiger partial charge in [0.1, 0.15) is 6.04 Å². The summed E-state index contributed by atoms with van der Waals surface area (Å²) in [5.41, 5.74) is 1.10. The molecular formula is C20H24N2O2S. The molecule has 2 fully saturated rings. The summed E-state index contributed by atoms with van der Waals surface area (Å²) in [6.07, 6.45) is 2.27. The van der Waals surface area contributed by atoms with Crippen LogP contribution in [0.3, 0.4) is 0 Å². The summed E-state index contributed by atoms with van der Waals surface area (Å²) in [5, 5.41) is 2.13. The number of ether oxygens (including phenoxy) is 1. The lowest BCUT2D eigenvalue weighted by molar-refractivity contribution is -0.142. The van der Waals surface area contributed by atoms with Gasteiger partial charge in [-0.05, 0) is 36.4 Å². The van der Waals surface area contributed by atoms with Crippen LogP contribution in [0.25, 0.3) is 0 Å². The van der Waals surface area contributed by atoms with E-state index in [0.717, 1.165) is 24.9 Å². The average Bonchev–Trinajstić information content (AvgIpc) is 3.35. The standard InChI is InChI=1S/C20H24N2O2S/c23-20(21-11-13-24-14-12-21)19(16-6-2-1-3-7-16)22-10-4-8-17(22)18-9-5-15-25-18/h1-3,5-7,9,15,17,19H,4,8,10-14H2/t17-,19+/m1/s1. The molecule has 5 heteroatoms. The van der Waals surface area contributed by atoms with Gasteiger partial charge in [0.25, 0.3) is 0 Å². The first-order chi connectivity index (χ1) is 12.3. The molecule has 4 rings (SSSR count). The van der Waals surface area contributed by atoms with Crippen molar-refractivity contribution >= 4 is 17.2 Å². The normalized spacial score (nSPS) is 22.9. The number of likely N-dealkylation sites (tertiary alicyclic amines) is 1. The van der Waals surface area contributed by atoms with E-state index in [-0.39, 0.29) is 11.9 Å². The van der Waals surface area contributed by atoms with E-state index in [2.05, 4.69) is 34.5 Å². The van der Waals surface area contributed by atoms with E-state index in [1.54, 1.807) is 11.3 Å². The van der Waals surface area contributed by atoms with Gasteiger partial charge in [0, 0.05) is 24.0 Å². The molecule has 0 bridgehead atoms. The summed E-state index contributed by atoms with van der Waals surface area (Å²) >= 11 is 1.80. The van der Waals surface area contributed by atoms with Crippen LogP contribution in [0.1, 0.15) is 35.4 Å². The zero-order chi connectivity index (χ0) is 17.1. The molecule has 0 N–H and O–H groups in total. The maximum absolute atomic E-state index is 13.4. The van der Waals surface area contributed by atoms with E-state index in [9.17, 15) is 4.79 Å². The number of thiophene rings is 1. The molecule has 2 aliphatic rings. The third-order valence-electron chi connectivity index (χ3n) is 5.17. The smallest absolute Gasteiger partial charge is 0.244 e. The second-order valence-corrected chi connectivity index (χ2v) is 7.64. The summed E-state index contributed by atoms with van der Waals surface area (Å²) in [4.78, 5) is 19.2. The van der Waals surface area contributed by atoms with Crippen molar-refractivity contribution in [2.45, 2.75) is 24.9 Å². The fraction of sp³-hybridized carbons (Fsp3) is 0.450. The molecule has 3 heterocycles. The Morgan fingerprint density at radius 2 is 1.88 bits per heavy atom. The van der Waals surface area contributed by atoms with Crippen molar-refractivity contribution in [3.05, 3.63) is 58.3 Å². The number of carbonyl (C=O) groups excluding carboxylic acids is 1. The molecule has 2 saturated heterocycles. The third-order valence-corrected chi connectivity index (χ3v) is 6.14. The highest BCUT2D eigenvalue weighted by atomic mass is 32.1. The zero-order valence-electron chi connectivity index (χ0n) is 14.3. The molecule has 2 atom stereocenters. The fourth-order valence-corrected chi connectivity index (χ4v) is 4.83. The van der Waals surface area contributed by atoms with Crippen LogP contribution in [-0.2, 0) is 9.53 Å². The number of hydrogen-bond acceptors (Lipinski definition) is 4. The Bertz CT molecular complexity index is 683. The molecule has 0 saturated carbocycles. The van der Waals surface area contributed by atoms with Gasteiger partial charge in [-0.2, -0.15) is 0 Å². The van der Waals surface area contributed by atoms with E-state index in [1.807, 2.05) is 23.1 Å². The number of morpholine rings is 1. The Balaban J connectivity index is 1.66. The van der Waals surface area contributed by atoms with Crippen LogP contribution < -0.4 is 0 Å². The molecule has 2 aliphatic heterocycles. The van der Waals surface area contributed by atoms with E-state index in [0.29, 0.717) is 32.3 Å². The summed E-state index contributed by atoms with van der Waals surface area (Å²) < 4.78 is 5.44. The van der Waals surface area contributed by atoms with E-state index >= 15 is 0 Å². The third kappa shape index (κ3) is 3.50. The Morgan fingerprint density at radius 1 is 1.08 bits per heavy atom. The fourth-order valence-electron chi connectivity index (χ4n) is 3.95. The molecule has 2 aromatic rings. The number of carbonyl (C=O) groups is 1. The monoisotopic (exact) mass is 356 g/mol. The first-order valence-corrected chi connectivity index (χ1v) is 9.93. The van der Waals surface area contributed by atoms with Crippen molar-refractivity contribution in [2.75, 3.05) is 32.8 Å². The lowest BCUT2D eigenvalue weighted by atomic mass is 10.0. The molecule has 0 spiro atoms. The van der Waals surface area contributed by atoms with Crippen molar-refractivity contribution < 1.29 is 9.53 Å². The van der Waals surface area contributed by atoms with Crippen LogP contribution in [-0.4, -0.2) is 48.6 Å². The van der Waals surface area contributed by atoms with E-state index in [4.69, 9.17) is 4.74 Å². The largest absolute Gasteiger partial charge is 0.378 e. The summed E-state index contributed by atoms with van der Waals surface area (Å²) in [5.74, 6) is 0.220. The van der Waals surface area contributed by atoms with Crippen LogP contribution in [0.4, 0.5) is 0 Å². The Kier molecular flexibility index (Phi) is 5.15. The number of benzene rings is 1. The Hall–Kier alpha value is -1.69. The van der Waals surface area contributed by atoms with Crippen LogP contribution in [0.5, 0.6) is 0 Å². The van der Waals surface area contributed by atoms with E-state index < -0.39 is 0 Å². The van der Waals surface area contributed by atoms with Gasteiger partial charge < -0.3 is 9.64 Å². The highest BCUT2D eigenvalue weighted by Gasteiger charge is 2.39. The van der Waals surface area contributed by atoms with Gasteiger partial charge in [0.15, 0.2) is 0 Å². The summed E-state index contributed by atoms with van der Waals surface area (Å²) in [7, 11) is 0. The molecule has 0 radical (unpaired) electrons. The number of nitrogens with zero attached hydrogens (tertiary/aromatic N) is 2. The second-order valence-electron chi connectivity index (χ2n) is 6.66. The second kappa shape index (κ2) is 7.68. The van der Waals surface area contributed by atoms with Crippen molar-refractivity contribution in [3.8, 4) is 0 Å². The molecule has 25 heavy (non-hydrogen) atoms. The quantitative estimate of drug-likeness (QED) is 0.841. The predicted molar refractivity (Wildman–Crippen MR) is 99.6 cm³/mol. The molecular weight excluding hydrogens is 332 g/mol. The molecule has 1 amide bonds. The maximum atomic E-state index is 13.4.